The van der Waals surface area contributed by atoms with Crippen molar-refractivity contribution >= 4 is 5.91 Å². The maximum atomic E-state index is 11.8. The molecule has 0 unspecified atom stereocenters. The molecule has 10 heavy (non-hydrogen) atoms. The minimum absolute atomic E-state index is 0.0440. The van der Waals surface area contributed by atoms with Crippen molar-refractivity contribution in [2.45, 2.75) is 18.4 Å². The molecule has 0 aromatic heterocycles. The van der Waals surface area contributed by atoms with Crippen LogP contribution in [0.2, 0.25) is 0 Å². The molecular formula is C6H11FN2O. The Hall–Kier alpha value is -0.640. The standard InChI is InChI=1S/C6H11FN2O/c7-3-4-1-6(9,2-4)5(8)10/h4H,1-3,9H2,(H2,8,10). The fourth-order valence-corrected chi connectivity index (χ4v) is 1.28. The molecule has 1 aliphatic rings. The number of rotatable bonds is 2. The largest absolute Gasteiger partial charge is 0.368 e. The van der Waals surface area contributed by atoms with Gasteiger partial charge in [-0.1, -0.05) is 0 Å². The van der Waals surface area contributed by atoms with Crippen LogP contribution in [0, 0.1) is 5.92 Å². The second-order valence-electron chi connectivity index (χ2n) is 2.95. The van der Waals surface area contributed by atoms with Crippen LogP contribution < -0.4 is 11.5 Å². The van der Waals surface area contributed by atoms with Crippen molar-refractivity contribution in [3.05, 3.63) is 0 Å². The zero-order valence-electron chi connectivity index (χ0n) is 5.64. The van der Waals surface area contributed by atoms with Crippen LogP contribution in [-0.2, 0) is 4.79 Å². The summed E-state index contributed by atoms with van der Waals surface area (Å²) >= 11 is 0. The normalized spacial score (nSPS) is 38.8. The molecule has 0 aliphatic heterocycles. The van der Waals surface area contributed by atoms with E-state index in [4.69, 9.17) is 11.5 Å². The van der Waals surface area contributed by atoms with Gasteiger partial charge < -0.3 is 11.5 Å². The fourth-order valence-electron chi connectivity index (χ4n) is 1.28. The molecule has 3 nitrogen and oxygen atoms in total. The van der Waals surface area contributed by atoms with Crippen molar-refractivity contribution in [3.63, 3.8) is 0 Å². The molecule has 0 aromatic carbocycles. The highest BCUT2D eigenvalue weighted by Gasteiger charge is 2.45. The summed E-state index contributed by atoms with van der Waals surface area (Å²) in [5.74, 6) is -0.560. The Kier molecular flexibility index (Phi) is 1.64. The highest BCUT2D eigenvalue weighted by molar-refractivity contribution is 5.85. The van der Waals surface area contributed by atoms with E-state index in [0.717, 1.165) is 0 Å². The van der Waals surface area contributed by atoms with Crippen LogP contribution in [0.4, 0.5) is 4.39 Å². The molecule has 1 saturated carbocycles. The topological polar surface area (TPSA) is 69.1 Å². The summed E-state index contributed by atoms with van der Waals surface area (Å²) in [4.78, 5) is 10.5. The summed E-state index contributed by atoms with van der Waals surface area (Å²) in [6.45, 7) is -0.397. The van der Waals surface area contributed by atoms with E-state index in [9.17, 15) is 9.18 Å². The van der Waals surface area contributed by atoms with E-state index in [2.05, 4.69) is 0 Å². The van der Waals surface area contributed by atoms with Gasteiger partial charge in [0.1, 0.15) is 0 Å². The number of hydrogen-bond acceptors (Lipinski definition) is 2. The highest BCUT2D eigenvalue weighted by atomic mass is 19.1. The van der Waals surface area contributed by atoms with Gasteiger partial charge in [0.2, 0.25) is 5.91 Å². The van der Waals surface area contributed by atoms with Gasteiger partial charge in [-0.15, -0.1) is 0 Å². The molecule has 1 rings (SSSR count). The maximum absolute atomic E-state index is 11.8. The van der Waals surface area contributed by atoms with Gasteiger partial charge in [-0.3, -0.25) is 9.18 Å². The van der Waals surface area contributed by atoms with Crippen molar-refractivity contribution in [3.8, 4) is 0 Å². The van der Waals surface area contributed by atoms with Crippen LogP contribution in [0.1, 0.15) is 12.8 Å². The molecule has 4 N–H and O–H groups in total. The molecule has 4 heteroatoms. The third-order valence-corrected chi connectivity index (χ3v) is 2.01. The summed E-state index contributed by atoms with van der Waals surface area (Å²) in [6.07, 6.45) is 0.803. The van der Waals surface area contributed by atoms with Gasteiger partial charge in [-0.25, -0.2) is 0 Å². The number of carbonyl (C=O) groups excluding carboxylic acids is 1. The number of halogens is 1. The van der Waals surface area contributed by atoms with Crippen molar-refractivity contribution in [1.82, 2.24) is 0 Å². The Labute approximate surface area is 58.6 Å². The van der Waals surface area contributed by atoms with Crippen LogP contribution in [0.3, 0.4) is 0 Å². The van der Waals surface area contributed by atoms with Crippen LogP contribution in [0.5, 0.6) is 0 Å². The van der Waals surface area contributed by atoms with Gasteiger partial charge in [0.15, 0.2) is 0 Å². The van der Waals surface area contributed by atoms with Crippen molar-refractivity contribution in [1.29, 1.82) is 0 Å². The zero-order valence-corrected chi connectivity index (χ0v) is 5.64. The predicted octanol–water partition coefficient (Wildman–Crippen LogP) is -0.451. The molecule has 58 valence electrons. The average Bonchev–Trinajstić information content (AvgIpc) is 1.80. The van der Waals surface area contributed by atoms with E-state index in [-0.39, 0.29) is 5.92 Å². The zero-order chi connectivity index (χ0) is 7.78. The van der Waals surface area contributed by atoms with Crippen molar-refractivity contribution in [2.24, 2.45) is 17.4 Å². The Balaban J connectivity index is 2.42. The predicted molar refractivity (Wildman–Crippen MR) is 34.8 cm³/mol. The number of alkyl halides is 1. The van der Waals surface area contributed by atoms with Crippen molar-refractivity contribution < 1.29 is 9.18 Å². The monoisotopic (exact) mass is 146 g/mol. The lowest BCUT2D eigenvalue weighted by atomic mass is 9.69. The quantitative estimate of drug-likeness (QED) is 0.554. The molecule has 0 bridgehead atoms. The minimum Gasteiger partial charge on any atom is -0.368 e. The molecule has 1 aliphatic carbocycles. The molecule has 0 spiro atoms. The molecular weight excluding hydrogens is 135 g/mol. The molecule has 1 fully saturated rings. The molecule has 0 radical (unpaired) electrons. The first-order valence-corrected chi connectivity index (χ1v) is 3.23. The third-order valence-electron chi connectivity index (χ3n) is 2.01. The lowest BCUT2D eigenvalue weighted by Gasteiger charge is -2.40. The molecule has 0 aromatic rings. The van der Waals surface area contributed by atoms with E-state index in [1.54, 1.807) is 0 Å². The number of amides is 1. The first kappa shape index (κ1) is 7.47. The lowest BCUT2D eigenvalue weighted by Crippen LogP contribution is -2.61. The van der Waals surface area contributed by atoms with Gasteiger partial charge >= 0.3 is 0 Å². The molecule has 0 saturated heterocycles. The van der Waals surface area contributed by atoms with Gasteiger partial charge in [0, 0.05) is 0 Å². The Morgan fingerprint density at radius 1 is 1.70 bits per heavy atom. The number of carbonyl (C=O) groups is 1. The van der Waals surface area contributed by atoms with E-state index < -0.39 is 18.1 Å². The lowest BCUT2D eigenvalue weighted by molar-refractivity contribution is -0.128. The first-order chi connectivity index (χ1) is 4.58. The van der Waals surface area contributed by atoms with E-state index in [1.165, 1.54) is 0 Å². The van der Waals surface area contributed by atoms with Crippen LogP contribution in [-0.4, -0.2) is 18.1 Å². The fraction of sp³-hybridized carbons (Fsp3) is 0.833. The Morgan fingerprint density at radius 2 is 2.20 bits per heavy atom. The number of hydrogen-bond donors (Lipinski definition) is 2. The van der Waals surface area contributed by atoms with Gasteiger partial charge in [0.05, 0.1) is 12.2 Å². The van der Waals surface area contributed by atoms with Gasteiger partial charge in [0.25, 0.3) is 0 Å². The van der Waals surface area contributed by atoms with Crippen LogP contribution in [0.15, 0.2) is 0 Å². The smallest absolute Gasteiger partial charge is 0.237 e. The Bertz CT molecular complexity index is 154. The third kappa shape index (κ3) is 0.988. The SMILES string of the molecule is NC(=O)C1(N)CC(CF)C1. The summed E-state index contributed by atoms with van der Waals surface area (Å²) in [5.41, 5.74) is 9.53. The molecule has 1 amide bonds. The van der Waals surface area contributed by atoms with Gasteiger partial charge in [-0.2, -0.15) is 0 Å². The van der Waals surface area contributed by atoms with E-state index >= 15 is 0 Å². The second-order valence-corrected chi connectivity index (χ2v) is 2.95. The molecule has 0 atom stereocenters. The average molecular weight is 146 g/mol. The number of primary amides is 1. The summed E-state index contributed by atoms with van der Waals surface area (Å²) < 4.78 is 11.8. The Morgan fingerprint density at radius 3 is 2.50 bits per heavy atom. The van der Waals surface area contributed by atoms with Gasteiger partial charge in [-0.05, 0) is 18.8 Å². The van der Waals surface area contributed by atoms with E-state index in [0.29, 0.717) is 12.8 Å². The highest BCUT2D eigenvalue weighted by Crippen LogP contribution is 2.35. The van der Waals surface area contributed by atoms with Crippen LogP contribution in [0.25, 0.3) is 0 Å². The number of nitrogens with two attached hydrogens (primary N) is 2. The molecule has 0 heterocycles. The van der Waals surface area contributed by atoms with Crippen molar-refractivity contribution in [2.75, 3.05) is 6.67 Å². The second kappa shape index (κ2) is 2.20. The minimum atomic E-state index is -0.906. The summed E-state index contributed by atoms with van der Waals surface area (Å²) in [6, 6.07) is 0. The van der Waals surface area contributed by atoms with Crippen LogP contribution >= 0.6 is 0 Å². The maximum Gasteiger partial charge on any atom is 0.237 e. The first-order valence-electron chi connectivity index (χ1n) is 3.23. The summed E-state index contributed by atoms with van der Waals surface area (Å²) in [5, 5.41) is 0. The summed E-state index contributed by atoms with van der Waals surface area (Å²) in [7, 11) is 0. The van der Waals surface area contributed by atoms with E-state index in [1.807, 2.05) is 0 Å².